The molecule has 94 valence electrons. The minimum absolute atomic E-state index is 0.0945. The monoisotopic (exact) mass is 240 g/mol. The molecule has 0 saturated carbocycles. The van der Waals surface area contributed by atoms with Crippen molar-refractivity contribution in [2.75, 3.05) is 0 Å². The van der Waals surface area contributed by atoms with Crippen molar-refractivity contribution in [3.63, 3.8) is 0 Å². The van der Waals surface area contributed by atoms with Crippen molar-refractivity contribution in [3.05, 3.63) is 17.5 Å². The van der Waals surface area contributed by atoms with Crippen LogP contribution in [0.2, 0.25) is 0 Å². The third-order valence-corrected chi connectivity index (χ3v) is 2.63. The fourth-order valence-corrected chi connectivity index (χ4v) is 1.37. The predicted octanol–water partition coefficient (Wildman–Crippen LogP) is 1.21. The van der Waals surface area contributed by atoms with Gasteiger partial charge >= 0.3 is 5.97 Å². The lowest BCUT2D eigenvalue weighted by molar-refractivity contribution is -0.140. The third kappa shape index (κ3) is 3.30. The summed E-state index contributed by atoms with van der Waals surface area (Å²) in [7, 11) is 0. The summed E-state index contributed by atoms with van der Waals surface area (Å²) in [4.78, 5) is 22.7. The van der Waals surface area contributed by atoms with E-state index in [1.165, 1.54) is 6.07 Å². The molecular weight excluding hydrogens is 224 g/mol. The molecular formula is C11H16N2O4. The van der Waals surface area contributed by atoms with Gasteiger partial charge in [0, 0.05) is 6.07 Å². The fraction of sp³-hybridized carbons (Fsp3) is 0.545. The van der Waals surface area contributed by atoms with E-state index in [1.807, 2.05) is 6.92 Å². The van der Waals surface area contributed by atoms with Crippen molar-refractivity contribution in [1.29, 1.82) is 0 Å². The summed E-state index contributed by atoms with van der Waals surface area (Å²) < 4.78 is 4.76. The zero-order valence-corrected chi connectivity index (χ0v) is 10.1. The highest BCUT2D eigenvalue weighted by molar-refractivity contribution is 5.94. The van der Waals surface area contributed by atoms with Crippen molar-refractivity contribution in [1.82, 2.24) is 10.5 Å². The topological polar surface area (TPSA) is 92.4 Å². The van der Waals surface area contributed by atoms with Crippen LogP contribution in [0.4, 0.5) is 0 Å². The van der Waals surface area contributed by atoms with E-state index in [0.717, 1.165) is 0 Å². The Balaban J connectivity index is 2.74. The number of aromatic nitrogens is 1. The Labute approximate surface area is 99.0 Å². The quantitative estimate of drug-likeness (QED) is 0.807. The second-order valence-corrected chi connectivity index (χ2v) is 4.00. The molecule has 0 fully saturated rings. The van der Waals surface area contributed by atoms with Crippen LogP contribution in [0.15, 0.2) is 10.6 Å². The summed E-state index contributed by atoms with van der Waals surface area (Å²) in [6.07, 6.45) is 0.662. The minimum atomic E-state index is -1.05. The molecule has 2 atom stereocenters. The van der Waals surface area contributed by atoms with Crippen LogP contribution < -0.4 is 5.32 Å². The lowest BCUT2D eigenvalue weighted by atomic mass is 9.99. The average molecular weight is 240 g/mol. The van der Waals surface area contributed by atoms with Crippen LogP contribution in [0.5, 0.6) is 0 Å². The zero-order valence-electron chi connectivity index (χ0n) is 10.1. The summed E-state index contributed by atoms with van der Waals surface area (Å²) in [6, 6.07) is 0.551. The van der Waals surface area contributed by atoms with Crippen molar-refractivity contribution < 1.29 is 19.2 Å². The third-order valence-electron chi connectivity index (χ3n) is 2.63. The molecule has 1 rings (SSSR count). The van der Waals surface area contributed by atoms with Gasteiger partial charge in [0.15, 0.2) is 5.69 Å². The first-order valence-corrected chi connectivity index (χ1v) is 5.42. The molecule has 0 saturated heterocycles. The largest absolute Gasteiger partial charge is 0.480 e. The molecule has 0 aliphatic rings. The molecule has 0 bridgehead atoms. The SMILES string of the molecule is CCC(C)[C@H](NC(=O)c1cc(C)on1)C(=O)O. The highest BCUT2D eigenvalue weighted by Gasteiger charge is 2.26. The smallest absolute Gasteiger partial charge is 0.326 e. The minimum Gasteiger partial charge on any atom is -0.480 e. The van der Waals surface area contributed by atoms with E-state index in [0.29, 0.717) is 12.2 Å². The van der Waals surface area contributed by atoms with Gasteiger partial charge in [0.2, 0.25) is 0 Å². The first kappa shape index (κ1) is 13.2. The maximum absolute atomic E-state index is 11.7. The second-order valence-electron chi connectivity index (χ2n) is 4.00. The Kier molecular flexibility index (Phi) is 4.25. The van der Waals surface area contributed by atoms with Gasteiger partial charge in [-0.2, -0.15) is 0 Å². The number of carboxylic acid groups (broad SMARTS) is 1. The molecule has 17 heavy (non-hydrogen) atoms. The number of aryl methyl sites for hydroxylation is 1. The normalized spacial score (nSPS) is 14.1. The highest BCUT2D eigenvalue weighted by Crippen LogP contribution is 2.09. The first-order chi connectivity index (χ1) is 7.95. The maximum atomic E-state index is 11.7. The van der Waals surface area contributed by atoms with Gasteiger partial charge in [-0.3, -0.25) is 4.79 Å². The molecule has 0 spiro atoms. The molecule has 6 heteroatoms. The van der Waals surface area contributed by atoms with Gasteiger partial charge in [-0.25, -0.2) is 4.79 Å². The zero-order chi connectivity index (χ0) is 13.0. The van der Waals surface area contributed by atoms with E-state index in [2.05, 4.69) is 10.5 Å². The molecule has 0 radical (unpaired) electrons. The molecule has 0 aliphatic heterocycles. The van der Waals surface area contributed by atoms with Crippen LogP contribution >= 0.6 is 0 Å². The van der Waals surface area contributed by atoms with Crippen molar-refractivity contribution in [3.8, 4) is 0 Å². The molecule has 1 aromatic rings. The van der Waals surface area contributed by atoms with Gasteiger partial charge in [0.05, 0.1) is 0 Å². The first-order valence-electron chi connectivity index (χ1n) is 5.42. The second kappa shape index (κ2) is 5.47. The van der Waals surface area contributed by atoms with Gasteiger partial charge in [0.25, 0.3) is 5.91 Å². The number of rotatable bonds is 5. The van der Waals surface area contributed by atoms with Gasteiger partial charge < -0.3 is 14.9 Å². The number of carbonyl (C=O) groups is 2. The number of nitrogens with zero attached hydrogens (tertiary/aromatic N) is 1. The van der Waals surface area contributed by atoms with E-state index in [-0.39, 0.29) is 11.6 Å². The Bertz CT molecular complexity index is 413. The molecule has 6 nitrogen and oxygen atoms in total. The van der Waals surface area contributed by atoms with Gasteiger partial charge in [-0.15, -0.1) is 0 Å². The van der Waals surface area contributed by atoms with Crippen molar-refractivity contribution in [2.24, 2.45) is 5.92 Å². The predicted molar refractivity (Wildman–Crippen MR) is 59.6 cm³/mol. The molecule has 1 heterocycles. The lowest BCUT2D eigenvalue weighted by Crippen LogP contribution is -2.45. The number of aliphatic carboxylic acids is 1. The number of carbonyl (C=O) groups excluding carboxylic acids is 1. The molecule has 0 aliphatic carbocycles. The van der Waals surface area contributed by atoms with E-state index < -0.39 is 17.9 Å². The molecule has 1 amide bonds. The molecule has 1 aromatic heterocycles. The van der Waals surface area contributed by atoms with Crippen LogP contribution in [-0.4, -0.2) is 28.2 Å². The molecule has 0 aromatic carbocycles. The standard InChI is InChI=1S/C11H16N2O4/c1-4-6(2)9(11(15)16)12-10(14)8-5-7(3)17-13-8/h5-6,9H,4H2,1-3H3,(H,12,14)(H,15,16)/t6?,9-/m0/s1. The lowest BCUT2D eigenvalue weighted by Gasteiger charge is -2.19. The highest BCUT2D eigenvalue weighted by atomic mass is 16.5. The van der Waals surface area contributed by atoms with Crippen molar-refractivity contribution >= 4 is 11.9 Å². The fourth-order valence-electron chi connectivity index (χ4n) is 1.37. The Morgan fingerprint density at radius 2 is 2.24 bits per heavy atom. The van der Waals surface area contributed by atoms with E-state index >= 15 is 0 Å². The summed E-state index contributed by atoms with van der Waals surface area (Å²) in [5, 5.41) is 15.0. The Morgan fingerprint density at radius 3 is 2.65 bits per heavy atom. The number of hydrogen-bond acceptors (Lipinski definition) is 4. The van der Waals surface area contributed by atoms with E-state index in [9.17, 15) is 9.59 Å². The number of nitrogens with one attached hydrogen (secondary N) is 1. The van der Waals surface area contributed by atoms with Crippen LogP contribution in [0, 0.1) is 12.8 Å². The van der Waals surface area contributed by atoms with Gasteiger partial charge in [-0.05, 0) is 12.8 Å². The van der Waals surface area contributed by atoms with Gasteiger partial charge in [-0.1, -0.05) is 25.4 Å². The van der Waals surface area contributed by atoms with Crippen LogP contribution in [0.1, 0.15) is 36.5 Å². The van der Waals surface area contributed by atoms with Crippen LogP contribution in [-0.2, 0) is 4.79 Å². The average Bonchev–Trinajstić information content (AvgIpc) is 2.71. The Hall–Kier alpha value is -1.85. The number of carboxylic acids is 1. The summed E-state index contributed by atoms with van der Waals surface area (Å²) in [6.45, 7) is 5.30. The van der Waals surface area contributed by atoms with Crippen molar-refractivity contribution in [2.45, 2.75) is 33.2 Å². The summed E-state index contributed by atoms with van der Waals surface area (Å²) in [5.41, 5.74) is 0.0945. The Morgan fingerprint density at radius 1 is 1.59 bits per heavy atom. The summed E-state index contributed by atoms with van der Waals surface area (Å²) in [5.74, 6) is -1.22. The maximum Gasteiger partial charge on any atom is 0.326 e. The number of hydrogen-bond donors (Lipinski definition) is 2. The van der Waals surface area contributed by atoms with Gasteiger partial charge in [0.1, 0.15) is 11.8 Å². The molecule has 2 N–H and O–H groups in total. The van der Waals surface area contributed by atoms with E-state index in [1.54, 1.807) is 13.8 Å². The molecule has 1 unspecified atom stereocenters. The number of amides is 1. The van der Waals surface area contributed by atoms with E-state index in [4.69, 9.17) is 9.63 Å². The summed E-state index contributed by atoms with van der Waals surface area (Å²) >= 11 is 0. The van der Waals surface area contributed by atoms with Crippen LogP contribution in [0.3, 0.4) is 0 Å². The van der Waals surface area contributed by atoms with Crippen LogP contribution in [0.25, 0.3) is 0 Å².